The molecule has 1 heterocycles. The maximum atomic E-state index is 9.08. The van der Waals surface area contributed by atoms with Gasteiger partial charge in [0.25, 0.3) is 0 Å². The summed E-state index contributed by atoms with van der Waals surface area (Å²) in [5.41, 5.74) is 1.21. The van der Waals surface area contributed by atoms with Crippen molar-refractivity contribution in [2.24, 2.45) is 0 Å². The zero-order chi connectivity index (χ0) is 13.8. The molecule has 18 heavy (non-hydrogen) atoms. The van der Waals surface area contributed by atoms with Gasteiger partial charge < -0.3 is 10.4 Å². The van der Waals surface area contributed by atoms with E-state index in [-0.39, 0.29) is 17.7 Å². The van der Waals surface area contributed by atoms with E-state index >= 15 is 0 Å². The minimum atomic E-state index is -0.00141. The van der Waals surface area contributed by atoms with Gasteiger partial charge in [0.2, 0.25) is 0 Å². The normalized spacial score (nSPS) is 15.7. The molecule has 0 aliphatic heterocycles. The Balaban J connectivity index is 2.61. The lowest BCUT2D eigenvalue weighted by Gasteiger charge is -2.29. The number of nitrogens with zero attached hydrogens (tertiary/aromatic N) is 2. The molecule has 1 unspecified atom stereocenters. The van der Waals surface area contributed by atoms with Crippen LogP contribution in [0, 0.1) is 0 Å². The highest BCUT2D eigenvalue weighted by Crippen LogP contribution is 2.16. The molecule has 0 aliphatic rings. The van der Waals surface area contributed by atoms with E-state index in [1.165, 1.54) is 5.56 Å². The molecule has 2 N–H and O–H groups in total. The van der Waals surface area contributed by atoms with Gasteiger partial charge in [0.1, 0.15) is 0 Å². The largest absolute Gasteiger partial charge is 0.396 e. The van der Waals surface area contributed by atoms with Crippen molar-refractivity contribution in [2.45, 2.75) is 65.1 Å². The van der Waals surface area contributed by atoms with Crippen molar-refractivity contribution in [1.29, 1.82) is 0 Å². The van der Waals surface area contributed by atoms with Crippen molar-refractivity contribution in [1.82, 2.24) is 15.1 Å². The Labute approximate surface area is 110 Å². The molecule has 1 aromatic rings. The van der Waals surface area contributed by atoms with E-state index in [1.54, 1.807) is 0 Å². The van der Waals surface area contributed by atoms with Crippen LogP contribution in [0.2, 0.25) is 0 Å². The summed E-state index contributed by atoms with van der Waals surface area (Å²) in [4.78, 5) is 0. The minimum absolute atomic E-state index is 0.00141. The second-order valence-electron chi connectivity index (χ2n) is 6.21. The maximum Gasteiger partial charge on any atom is 0.0543 e. The number of hydrogen-bond acceptors (Lipinski definition) is 3. The van der Waals surface area contributed by atoms with Crippen LogP contribution >= 0.6 is 0 Å². The number of rotatable bonds is 6. The lowest BCUT2D eigenvalue weighted by atomic mass is 9.95. The Morgan fingerprint density at radius 2 is 2.00 bits per heavy atom. The zero-order valence-electron chi connectivity index (χ0n) is 12.3. The van der Waals surface area contributed by atoms with Crippen LogP contribution < -0.4 is 5.32 Å². The highest BCUT2D eigenvalue weighted by molar-refractivity contribution is 5.05. The van der Waals surface area contributed by atoms with Crippen molar-refractivity contribution in [3.63, 3.8) is 0 Å². The van der Waals surface area contributed by atoms with E-state index in [4.69, 9.17) is 5.11 Å². The van der Waals surface area contributed by atoms with Crippen LogP contribution in [0.5, 0.6) is 0 Å². The van der Waals surface area contributed by atoms with E-state index < -0.39 is 0 Å². The Morgan fingerprint density at radius 1 is 1.33 bits per heavy atom. The Hall–Kier alpha value is -0.870. The van der Waals surface area contributed by atoms with Gasteiger partial charge in [-0.15, -0.1) is 0 Å². The summed E-state index contributed by atoms with van der Waals surface area (Å²) in [7, 11) is 0. The lowest BCUT2D eigenvalue weighted by molar-refractivity contribution is 0.214. The molecule has 0 bridgehead atoms. The van der Waals surface area contributed by atoms with E-state index in [9.17, 15) is 0 Å². The Bertz CT molecular complexity index is 367. The number of aliphatic hydroxyl groups is 1. The van der Waals surface area contributed by atoms with Crippen molar-refractivity contribution in [3.8, 4) is 0 Å². The summed E-state index contributed by atoms with van der Waals surface area (Å²) in [6, 6.07) is 0. The Kier molecular flexibility index (Phi) is 4.93. The molecule has 1 atom stereocenters. The molecule has 0 amide bonds. The molecule has 1 aromatic heterocycles. The first-order chi connectivity index (χ1) is 8.30. The summed E-state index contributed by atoms with van der Waals surface area (Å²) < 4.78 is 1.99. The molecule has 0 saturated heterocycles. The summed E-state index contributed by atoms with van der Waals surface area (Å²) in [5, 5.41) is 17.0. The van der Waals surface area contributed by atoms with Crippen LogP contribution in [0.1, 0.15) is 53.0 Å². The Morgan fingerprint density at radius 3 is 2.44 bits per heavy atom. The summed E-state index contributed by atoms with van der Waals surface area (Å²) in [6.07, 6.45) is 5.77. The monoisotopic (exact) mass is 253 g/mol. The minimum Gasteiger partial charge on any atom is -0.396 e. The maximum absolute atomic E-state index is 9.08. The molecule has 0 saturated carbocycles. The van der Waals surface area contributed by atoms with Crippen LogP contribution in [0.3, 0.4) is 0 Å². The van der Waals surface area contributed by atoms with Crippen LogP contribution in [-0.2, 0) is 12.1 Å². The molecule has 0 aromatic carbocycles. The van der Waals surface area contributed by atoms with Gasteiger partial charge in [-0.25, -0.2) is 0 Å². The molecule has 0 radical (unpaired) electrons. The first-order valence-corrected chi connectivity index (χ1v) is 6.70. The predicted molar refractivity (Wildman–Crippen MR) is 74.5 cm³/mol. The van der Waals surface area contributed by atoms with E-state index in [1.807, 2.05) is 10.9 Å². The average Bonchev–Trinajstić information content (AvgIpc) is 2.75. The lowest BCUT2D eigenvalue weighted by Crippen LogP contribution is -2.41. The number of aliphatic hydroxyl groups excluding tert-OH is 1. The van der Waals surface area contributed by atoms with Crippen LogP contribution in [0.15, 0.2) is 12.4 Å². The van der Waals surface area contributed by atoms with E-state index in [0.717, 1.165) is 19.4 Å². The summed E-state index contributed by atoms with van der Waals surface area (Å²) in [6.45, 7) is 11.7. The molecule has 4 heteroatoms. The highest BCUT2D eigenvalue weighted by atomic mass is 16.3. The van der Waals surface area contributed by atoms with Crippen molar-refractivity contribution < 1.29 is 5.11 Å². The number of aromatic nitrogens is 2. The van der Waals surface area contributed by atoms with Gasteiger partial charge in [0.05, 0.1) is 11.7 Å². The summed E-state index contributed by atoms with van der Waals surface area (Å²) in [5.74, 6) is 0. The quantitative estimate of drug-likeness (QED) is 0.817. The molecule has 0 aliphatic carbocycles. The number of nitrogens with one attached hydrogen (secondary N) is 1. The number of hydrogen-bond donors (Lipinski definition) is 2. The van der Waals surface area contributed by atoms with E-state index in [2.05, 4.69) is 51.2 Å². The van der Waals surface area contributed by atoms with Gasteiger partial charge in [-0.05, 0) is 40.5 Å². The molecule has 104 valence electrons. The fraction of sp³-hybridized carbons (Fsp3) is 0.786. The highest BCUT2D eigenvalue weighted by Gasteiger charge is 2.21. The fourth-order valence-corrected chi connectivity index (χ4v) is 1.77. The molecule has 1 rings (SSSR count). The average molecular weight is 253 g/mol. The van der Waals surface area contributed by atoms with E-state index in [0.29, 0.717) is 0 Å². The third-order valence-corrected chi connectivity index (χ3v) is 3.49. The van der Waals surface area contributed by atoms with Crippen molar-refractivity contribution in [3.05, 3.63) is 18.0 Å². The summed E-state index contributed by atoms with van der Waals surface area (Å²) >= 11 is 0. The molecule has 0 spiro atoms. The third kappa shape index (κ3) is 4.10. The second-order valence-corrected chi connectivity index (χ2v) is 6.21. The predicted octanol–water partition coefficient (Wildman–Crippen LogP) is 2.28. The first-order valence-electron chi connectivity index (χ1n) is 6.70. The van der Waals surface area contributed by atoms with Gasteiger partial charge >= 0.3 is 0 Å². The molecule has 0 fully saturated rings. The van der Waals surface area contributed by atoms with Gasteiger partial charge in [-0.1, -0.05) is 6.92 Å². The smallest absolute Gasteiger partial charge is 0.0543 e. The van der Waals surface area contributed by atoms with Crippen molar-refractivity contribution >= 4 is 0 Å². The SMILES string of the molecule is CCC(C)(CCO)NCc1cnn(C(C)(C)C)c1. The van der Waals surface area contributed by atoms with Crippen molar-refractivity contribution in [2.75, 3.05) is 6.61 Å². The van der Waals surface area contributed by atoms with Crippen LogP contribution in [0.4, 0.5) is 0 Å². The third-order valence-electron chi connectivity index (χ3n) is 3.49. The molecule has 4 nitrogen and oxygen atoms in total. The van der Waals surface area contributed by atoms with Gasteiger partial charge in [0.15, 0.2) is 0 Å². The zero-order valence-corrected chi connectivity index (χ0v) is 12.3. The standard InChI is InChI=1S/C14H27N3O/c1-6-14(5,7-8-18)15-9-12-10-16-17(11-12)13(2,3)4/h10-11,15,18H,6-9H2,1-5H3. The van der Waals surface area contributed by atoms with Gasteiger partial charge in [0, 0.05) is 30.5 Å². The van der Waals surface area contributed by atoms with Crippen LogP contribution in [0.25, 0.3) is 0 Å². The first kappa shape index (κ1) is 15.2. The topological polar surface area (TPSA) is 50.1 Å². The van der Waals surface area contributed by atoms with Gasteiger partial charge in [-0.3, -0.25) is 4.68 Å². The second kappa shape index (κ2) is 5.85. The molecular formula is C14H27N3O. The molecular weight excluding hydrogens is 226 g/mol. The van der Waals surface area contributed by atoms with Crippen LogP contribution in [-0.4, -0.2) is 27.0 Å². The fourth-order valence-electron chi connectivity index (χ4n) is 1.77. The van der Waals surface area contributed by atoms with Gasteiger partial charge in [-0.2, -0.15) is 5.10 Å².